The molecule has 0 N–H and O–H groups in total. The van der Waals surface area contributed by atoms with Gasteiger partial charge in [-0.2, -0.15) is 0 Å². The smallest absolute Gasteiger partial charge is 0.205 e. The average Bonchev–Trinajstić information content (AvgIpc) is 2.65. The van der Waals surface area contributed by atoms with Gasteiger partial charge in [-0.1, -0.05) is 60.8 Å². The molecule has 0 unspecified atom stereocenters. The highest BCUT2D eigenvalue weighted by atomic mass is 32.2. The number of rotatable bonds is 3. The zero-order valence-electron chi connectivity index (χ0n) is 13.5. The van der Waals surface area contributed by atoms with Gasteiger partial charge in [-0.3, -0.25) is 0 Å². The van der Waals surface area contributed by atoms with E-state index in [9.17, 15) is 8.78 Å². The van der Waals surface area contributed by atoms with E-state index in [2.05, 4.69) is 43.0 Å². The first-order valence-electron chi connectivity index (χ1n) is 8.08. The van der Waals surface area contributed by atoms with Crippen molar-refractivity contribution in [1.82, 2.24) is 0 Å². The molecule has 1 heterocycles. The monoisotopic (exact) mass is 350 g/mol. The van der Waals surface area contributed by atoms with Gasteiger partial charge >= 0.3 is 0 Å². The van der Waals surface area contributed by atoms with Crippen LogP contribution < -0.4 is 0 Å². The van der Waals surface area contributed by atoms with Crippen molar-refractivity contribution in [2.45, 2.75) is 22.6 Å². The molecule has 0 saturated heterocycles. The van der Waals surface area contributed by atoms with Gasteiger partial charge in [-0.05, 0) is 58.5 Å². The fraction of sp³-hybridized carbons (Fsp3) is 0.0909. The molecule has 25 heavy (non-hydrogen) atoms. The van der Waals surface area contributed by atoms with Gasteiger partial charge in [0.05, 0.1) is 0 Å². The van der Waals surface area contributed by atoms with Crippen LogP contribution in [0, 0.1) is 0 Å². The third kappa shape index (κ3) is 3.12. The highest BCUT2D eigenvalue weighted by Crippen LogP contribution is 2.40. The molecule has 124 valence electrons. The molecular formula is C22H16F2S. The van der Waals surface area contributed by atoms with Gasteiger partial charge in [0.2, 0.25) is 0 Å². The molecule has 0 fully saturated rings. The summed E-state index contributed by atoms with van der Waals surface area (Å²) in [6.07, 6.45) is -1.58. The second-order valence-electron chi connectivity index (χ2n) is 6.11. The minimum absolute atomic E-state index is 0.0288. The van der Waals surface area contributed by atoms with Crippen LogP contribution in [0.3, 0.4) is 0 Å². The molecule has 3 heteroatoms. The van der Waals surface area contributed by atoms with Crippen LogP contribution in [0.15, 0.2) is 83.1 Å². The van der Waals surface area contributed by atoms with E-state index in [-0.39, 0.29) is 5.56 Å². The Bertz CT molecular complexity index is 960. The van der Waals surface area contributed by atoms with Crippen molar-refractivity contribution in [3.8, 4) is 0 Å². The van der Waals surface area contributed by atoms with Crippen molar-refractivity contribution < 1.29 is 8.78 Å². The fourth-order valence-corrected chi connectivity index (χ4v) is 4.16. The maximum absolute atomic E-state index is 12.9. The first kappa shape index (κ1) is 16.1. The standard InChI is InChI=1S/C22H16F2S/c1-14(15-6-4-7-18(11-15)22(23)24)16-9-10-21-19(12-16)13-17-5-2-3-8-20(17)25-21/h2-12,22H,1,13H2. The summed E-state index contributed by atoms with van der Waals surface area (Å²) in [5.74, 6) is 0. The zero-order valence-corrected chi connectivity index (χ0v) is 14.3. The van der Waals surface area contributed by atoms with Gasteiger partial charge in [0.25, 0.3) is 6.43 Å². The lowest BCUT2D eigenvalue weighted by atomic mass is 9.95. The minimum atomic E-state index is -2.47. The largest absolute Gasteiger partial charge is 0.263 e. The fourth-order valence-electron chi connectivity index (χ4n) is 3.11. The van der Waals surface area contributed by atoms with E-state index < -0.39 is 6.43 Å². The Kier molecular flexibility index (Phi) is 4.18. The van der Waals surface area contributed by atoms with Crippen molar-refractivity contribution in [1.29, 1.82) is 0 Å². The Morgan fingerprint density at radius 1 is 0.840 bits per heavy atom. The van der Waals surface area contributed by atoms with Gasteiger partial charge in [-0.25, -0.2) is 8.78 Å². The number of benzene rings is 3. The van der Waals surface area contributed by atoms with Gasteiger partial charge in [0, 0.05) is 15.4 Å². The molecule has 3 aromatic carbocycles. The highest BCUT2D eigenvalue weighted by molar-refractivity contribution is 7.99. The normalized spacial score (nSPS) is 12.6. The topological polar surface area (TPSA) is 0 Å². The molecule has 0 aromatic heterocycles. The zero-order chi connectivity index (χ0) is 17.4. The lowest BCUT2D eigenvalue weighted by Gasteiger charge is -2.20. The lowest BCUT2D eigenvalue weighted by Crippen LogP contribution is -2.00. The first-order chi connectivity index (χ1) is 12.1. The quantitative estimate of drug-likeness (QED) is 0.394. The van der Waals surface area contributed by atoms with Gasteiger partial charge < -0.3 is 0 Å². The van der Waals surface area contributed by atoms with Gasteiger partial charge in [-0.15, -0.1) is 0 Å². The summed E-state index contributed by atoms with van der Waals surface area (Å²) >= 11 is 1.78. The van der Waals surface area contributed by atoms with Crippen molar-refractivity contribution in [2.75, 3.05) is 0 Å². The predicted molar refractivity (Wildman–Crippen MR) is 99.3 cm³/mol. The van der Waals surface area contributed by atoms with Crippen LogP contribution in [-0.4, -0.2) is 0 Å². The molecule has 0 nitrogen and oxygen atoms in total. The molecule has 1 aliphatic rings. The van der Waals surface area contributed by atoms with Crippen LogP contribution in [0.25, 0.3) is 5.57 Å². The summed E-state index contributed by atoms with van der Waals surface area (Å²) < 4.78 is 25.9. The van der Waals surface area contributed by atoms with Gasteiger partial charge in [0.1, 0.15) is 0 Å². The Morgan fingerprint density at radius 2 is 1.60 bits per heavy atom. The summed E-state index contributed by atoms with van der Waals surface area (Å²) in [6.45, 7) is 4.14. The summed E-state index contributed by atoms with van der Waals surface area (Å²) in [5.41, 5.74) is 5.09. The maximum Gasteiger partial charge on any atom is 0.263 e. The van der Waals surface area contributed by atoms with Crippen molar-refractivity contribution >= 4 is 17.3 Å². The summed E-state index contributed by atoms with van der Waals surface area (Å²) in [5, 5.41) is 0. The van der Waals surface area contributed by atoms with E-state index in [1.54, 1.807) is 17.8 Å². The number of fused-ring (bicyclic) bond motifs is 2. The summed E-state index contributed by atoms with van der Waals surface area (Å²) in [7, 11) is 0. The second kappa shape index (κ2) is 6.49. The summed E-state index contributed by atoms with van der Waals surface area (Å²) in [4.78, 5) is 2.54. The number of halogens is 2. The molecule has 0 bridgehead atoms. The van der Waals surface area contributed by atoms with Gasteiger partial charge in [0.15, 0.2) is 0 Å². The van der Waals surface area contributed by atoms with E-state index in [1.807, 2.05) is 12.1 Å². The minimum Gasteiger partial charge on any atom is -0.205 e. The molecule has 0 aliphatic carbocycles. The number of hydrogen-bond acceptors (Lipinski definition) is 1. The van der Waals surface area contributed by atoms with E-state index in [1.165, 1.54) is 33.1 Å². The van der Waals surface area contributed by atoms with Crippen LogP contribution in [-0.2, 0) is 6.42 Å². The number of alkyl halides is 2. The van der Waals surface area contributed by atoms with E-state index in [4.69, 9.17) is 0 Å². The highest BCUT2D eigenvalue weighted by Gasteiger charge is 2.17. The Balaban J connectivity index is 1.67. The number of hydrogen-bond donors (Lipinski definition) is 0. The SMILES string of the molecule is C=C(c1cccc(C(F)F)c1)c1ccc2c(c1)Cc1ccccc1S2. The third-order valence-corrected chi connectivity index (χ3v) is 5.71. The molecular weight excluding hydrogens is 334 g/mol. The molecule has 0 spiro atoms. The first-order valence-corrected chi connectivity index (χ1v) is 8.90. The Labute approximate surface area is 150 Å². The lowest BCUT2D eigenvalue weighted by molar-refractivity contribution is 0.151. The van der Waals surface area contributed by atoms with E-state index >= 15 is 0 Å². The molecule has 3 aromatic rings. The van der Waals surface area contributed by atoms with Crippen LogP contribution in [0.2, 0.25) is 0 Å². The molecule has 0 amide bonds. The Hall–Kier alpha value is -2.39. The van der Waals surface area contributed by atoms with Crippen LogP contribution in [0.4, 0.5) is 8.78 Å². The average molecular weight is 350 g/mol. The van der Waals surface area contributed by atoms with Crippen LogP contribution in [0.1, 0.15) is 34.2 Å². The van der Waals surface area contributed by atoms with E-state index in [0.717, 1.165) is 23.1 Å². The van der Waals surface area contributed by atoms with Crippen molar-refractivity contribution in [3.05, 3.63) is 101 Å². The van der Waals surface area contributed by atoms with Crippen molar-refractivity contribution in [3.63, 3.8) is 0 Å². The second-order valence-corrected chi connectivity index (χ2v) is 7.20. The van der Waals surface area contributed by atoms with Crippen molar-refractivity contribution in [2.24, 2.45) is 0 Å². The Morgan fingerprint density at radius 3 is 2.44 bits per heavy atom. The summed E-state index contributed by atoms with van der Waals surface area (Å²) in [6, 6.07) is 21.1. The van der Waals surface area contributed by atoms with E-state index in [0.29, 0.717) is 0 Å². The molecule has 1 aliphatic heterocycles. The third-order valence-electron chi connectivity index (χ3n) is 4.47. The maximum atomic E-state index is 12.9. The van der Waals surface area contributed by atoms with Crippen LogP contribution in [0.5, 0.6) is 0 Å². The molecule has 0 saturated carbocycles. The van der Waals surface area contributed by atoms with Crippen LogP contribution >= 0.6 is 11.8 Å². The predicted octanol–water partition coefficient (Wildman–Crippen LogP) is 6.74. The molecule has 0 atom stereocenters. The molecule has 4 rings (SSSR count). The molecule has 0 radical (unpaired) electrons.